The number of halogens is 1. The Morgan fingerprint density at radius 3 is 2.30 bits per heavy atom. The molecule has 0 aliphatic carbocycles. The number of hydrogen-bond acceptors (Lipinski definition) is 4. The van der Waals surface area contributed by atoms with Crippen LogP contribution < -0.4 is 5.43 Å². The van der Waals surface area contributed by atoms with E-state index in [1.807, 2.05) is 30.3 Å². The molecule has 0 unspecified atom stereocenters. The van der Waals surface area contributed by atoms with Crippen LogP contribution in [0.4, 0.5) is 4.39 Å². The summed E-state index contributed by atoms with van der Waals surface area (Å²) in [6.07, 6.45) is 6.28. The zero-order valence-electron chi connectivity index (χ0n) is 15.6. The minimum Gasteiger partial charge on any atom is -0.287 e. The second-order valence-corrected chi connectivity index (χ2v) is 6.50. The maximum Gasteiger partial charge on any atom is 0.209 e. The maximum atomic E-state index is 15.2. The van der Waals surface area contributed by atoms with Crippen molar-refractivity contribution >= 4 is 0 Å². The highest BCUT2D eigenvalue weighted by Gasteiger charge is 2.16. The third-order valence-electron chi connectivity index (χ3n) is 4.65. The summed E-state index contributed by atoms with van der Waals surface area (Å²) in [5.41, 5.74) is 1.68. The number of rotatable bonds is 4. The molecule has 0 N–H and O–H groups in total. The minimum absolute atomic E-state index is 0.169. The first kappa shape index (κ1) is 17.7. The highest BCUT2D eigenvalue weighted by atomic mass is 19.1. The predicted molar refractivity (Wildman–Crippen MR) is 109 cm³/mol. The van der Waals surface area contributed by atoms with E-state index in [-0.39, 0.29) is 22.5 Å². The zero-order valence-corrected chi connectivity index (χ0v) is 15.6. The number of para-hydroxylation sites is 1. The molecule has 5 aromatic rings. The van der Waals surface area contributed by atoms with Crippen LogP contribution in [0.5, 0.6) is 0 Å². The van der Waals surface area contributed by atoms with Crippen molar-refractivity contribution in [3.05, 3.63) is 108 Å². The van der Waals surface area contributed by atoms with Gasteiger partial charge in [0.2, 0.25) is 5.43 Å². The summed E-state index contributed by atoms with van der Waals surface area (Å²) in [7, 11) is 0. The Kier molecular flexibility index (Phi) is 4.29. The van der Waals surface area contributed by atoms with Gasteiger partial charge in [0.05, 0.1) is 17.6 Å². The molecule has 0 spiro atoms. The summed E-state index contributed by atoms with van der Waals surface area (Å²) in [6.45, 7) is 0. The quantitative estimate of drug-likeness (QED) is 0.465. The molecule has 0 radical (unpaired) electrons. The number of nitrogens with zero attached hydrogens (tertiary/aromatic N) is 6. The van der Waals surface area contributed by atoms with Crippen LogP contribution in [0.3, 0.4) is 0 Å². The highest BCUT2D eigenvalue weighted by Crippen LogP contribution is 2.21. The van der Waals surface area contributed by atoms with Crippen LogP contribution in [0.15, 0.2) is 96.3 Å². The molecule has 2 aromatic carbocycles. The van der Waals surface area contributed by atoms with Crippen LogP contribution in [-0.4, -0.2) is 29.3 Å². The Labute approximate surface area is 170 Å². The molecule has 5 rings (SSSR count). The van der Waals surface area contributed by atoms with E-state index >= 15 is 4.39 Å². The first-order valence-electron chi connectivity index (χ1n) is 9.21. The van der Waals surface area contributed by atoms with E-state index in [0.717, 1.165) is 5.69 Å². The first-order chi connectivity index (χ1) is 14.7. The molecular weight excluding hydrogens is 383 g/mol. The molecule has 0 saturated heterocycles. The van der Waals surface area contributed by atoms with Gasteiger partial charge in [0.1, 0.15) is 11.4 Å². The van der Waals surface area contributed by atoms with Crippen LogP contribution in [-0.2, 0) is 0 Å². The molecule has 0 saturated carbocycles. The summed E-state index contributed by atoms with van der Waals surface area (Å²) in [5.74, 6) is -0.500. The predicted octanol–water partition coefficient (Wildman–Crippen LogP) is 3.41. The Morgan fingerprint density at radius 2 is 1.53 bits per heavy atom. The lowest BCUT2D eigenvalue weighted by Crippen LogP contribution is -2.16. The van der Waals surface area contributed by atoms with E-state index in [4.69, 9.17) is 0 Å². The summed E-state index contributed by atoms with van der Waals surface area (Å²) < 4.78 is 19.6. The van der Waals surface area contributed by atoms with Gasteiger partial charge in [-0.3, -0.25) is 4.79 Å². The summed E-state index contributed by atoms with van der Waals surface area (Å²) in [4.78, 5) is 12.6. The summed E-state index contributed by atoms with van der Waals surface area (Å²) >= 11 is 0. The van der Waals surface area contributed by atoms with Crippen LogP contribution in [0.25, 0.3) is 28.5 Å². The van der Waals surface area contributed by atoms with Gasteiger partial charge in [-0.05, 0) is 36.4 Å². The normalized spacial score (nSPS) is 11.0. The fourth-order valence-corrected chi connectivity index (χ4v) is 3.25. The Morgan fingerprint density at radius 1 is 0.733 bits per heavy atom. The summed E-state index contributed by atoms with van der Waals surface area (Å²) in [6, 6.07) is 19.1. The SMILES string of the molecule is O=c1ccn(-c2cccc(-n3cccn3)c2F)nc1-c1ccnn1-c1ccccc1. The molecule has 3 aromatic heterocycles. The molecule has 0 fully saturated rings. The van der Waals surface area contributed by atoms with Gasteiger partial charge in [-0.15, -0.1) is 0 Å². The van der Waals surface area contributed by atoms with E-state index in [0.29, 0.717) is 5.69 Å². The van der Waals surface area contributed by atoms with E-state index in [1.54, 1.807) is 53.6 Å². The van der Waals surface area contributed by atoms with Gasteiger partial charge < -0.3 is 0 Å². The number of aromatic nitrogens is 6. The first-order valence-corrected chi connectivity index (χ1v) is 9.21. The van der Waals surface area contributed by atoms with Crippen molar-refractivity contribution < 1.29 is 4.39 Å². The minimum atomic E-state index is -0.500. The van der Waals surface area contributed by atoms with Crippen molar-refractivity contribution in [1.29, 1.82) is 0 Å². The van der Waals surface area contributed by atoms with Crippen molar-refractivity contribution in [2.45, 2.75) is 0 Å². The molecule has 7 nitrogen and oxygen atoms in total. The lowest BCUT2D eigenvalue weighted by atomic mass is 10.2. The van der Waals surface area contributed by atoms with Gasteiger partial charge in [-0.25, -0.2) is 18.4 Å². The molecule has 0 aliphatic rings. The van der Waals surface area contributed by atoms with Gasteiger partial charge in [-0.2, -0.15) is 15.3 Å². The van der Waals surface area contributed by atoms with E-state index < -0.39 is 5.82 Å². The van der Waals surface area contributed by atoms with E-state index in [2.05, 4.69) is 15.3 Å². The Balaban J connectivity index is 1.65. The molecule has 0 bridgehead atoms. The molecule has 0 amide bonds. The Hall–Kier alpha value is -4.33. The molecule has 3 heterocycles. The zero-order chi connectivity index (χ0) is 20.5. The largest absolute Gasteiger partial charge is 0.287 e. The maximum absolute atomic E-state index is 15.2. The van der Waals surface area contributed by atoms with Gasteiger partial charge >= 0.3 is 0 Å². The average Bonchev–Trinajstić information content (AvgIpc) is 3.47. The number of hydrogen-bond donors (Lipinski definition) is 0. The Bertz CT molecular complexity index is 1370. The van der Waals surface area contributed by atoms with Gasteiger partial charge in [0, 0.05) is 24.7 Å². The fourth-order valence-electron chi connectivity index (χ4n) is 3.25. The molecule has 0 atom stereocenters. The van der Waals surface area contributed by atoms with Gasteiger partial charge in [-0.1, -0.05) is 24.3 Å². The van der Waals surface area contributed by atoms with Crippen molar-refractivity contribution in [1.82, 2.24) is 29.3 Å². The van der Waals surface area contributed by atoms with Crippen molar-refractivity contribution in [3.8, 4) is 28.5 Å². The summed E-state index contributed by atoms with van der Waals surface area (Å²) in [5, 5.41) is 12.8. The molecular formula is C22H15FN6O. The van der Waals surface area contributed by atoms with Crippen LogP contribution in [0.2, 0.25) is 0 Å². The van der Waals surface area contributed by atoms with E-state index in [1.165, 1.54) is 21.6 Å². The van der Waals surface area contributed by atoms with Crippen molar-refractivity contribution in [3.63, 3.8) is 0 Å². The lowest BCUT2D eigenvalue weighted by molar-refractivity contribution is 0.594. The van der Waals surface area contributed by atoms with Crippen LogP contribution >= 0.6 is 0 Å². The fraction of sp³-hybridized carbons (Fsp3) is 0. The third kappa shape index (κ3) is 3.00. The standard InChI is InChI=1S/C22H15FN6O/c23-21-17(27-14-5-12-24-27)8-4-9-18(21)28-15-11-20(30)22(26-28)19-10-13-25-29(19)16-6-2-1-3-7-16/h1-15H. The second-order valence-electron chi connectivity index (χ2n) is 6.50. The van der Waals surface area contributed by atoms with Crippen LogP contribution in [0, 0.1) is 5.82 Å². The molecule has 30 heavy (non-hydrogen) atoms. The average molecular weight is 398 g/mol. The monoisotopic (exact) mass is 398 g/mol. The lowest BCUT2D eigenvalue weighted by Gasteiger charge is -2.12. The van der Waals surface area contributed by atoms with E-state index in [9.17, 15) is 4.79 Å². The van der Waals surface area contributed by atoms with Crippen molar-refractivity contribution in [2.75, 3.05) is 0 Å². The van der Waals surface area contributed by atoms with Gasteiger partial charge in [0.25, 0.3) is 0 Å². The molecule has 8 heteroatoms. The molecule has 146 valence electrons. The third-order valence-corrected chi connectivity index (χ3v) is 4.65. The van der Waals surface area contributed by atoms with Crippen molar-refractivity contribution in [2.24, 2.45) is 0 Å². The van der Waals surface area contributed by atoms with Crippen LogP contribution in [0.1, 0.15) is 0 Å². The topological polar surface area (TPSA) is 70.5 Å². The van der Waals surface area contributed by atoms with Gasteiger partial charge in [0.15, 0.2) is 11.5 Å². The highest BCUT2D eigenvalue weighted by molar-refractivity contribution is 5.57. The molecule has 0 aliphatic heterocycles. The smallest absolute Gasteiger partial charge is 0.209 e. The number of benzene rings is 2. The second kappa shape index (κ2) is 7.25.